The molecule has 3 aliphatic carbocycles. The highest BCUT2D eigenvalue weighted by Crippen LogP contribution is 2.51. The number of nitrogens with two attached hydrogens (primary N) is 1. The Bertz CT molecular complexity index is 1220. The van der Waals surface area contributed by atoms with Crippen molar-refractivity contribution in [1.82, 2.24) is 4.90 Å². The van der Waals surface area contributed by atoms with E-state index in [1.165, 1.54) is 6.07 Å². The molecule has 0 fully saturated rings. The summed E-state index contributed by atoms with van der Waals surface area (Å²) in [5.74, 6) is -7.59. The molecule has 4 rings (SSSR count). The van der Waals surface area contributed by atoms with Crippen molar-refractivity contribution in [2.24, 2.45) is 23.5 Å². The minimum absolute atomic E-state index is 0.00895. The Morgan fingerprint density at radius 3 is 2.51 bits per heavy atom. The van der Waals surface area contributed by atoms with Crippen LogP contribution in [0.5, 0.6) is 5.75 Å². The number of benzene rings is 1. The number of halogens is 1. The maximum absolute atomic E-state index is 15.6. The highest BCUT2D eigenvalue weighted by atomic mass is 19.1. The summed E-state index contributed by atoms with van der Waals surface area (Å²) in [4.78, 5) is 39.9. The van der Waals surface area contributed by atoms with E-state index in [1.807, 2.05) is 25.8 Å². The number of ketones is 2. The molecule has 0 saturated carbocycles. The second-order valence-electron chi connectivity index (χ2n) is 10.2. The molecule has 1 unspecified atom stereocenters. The number of phenolic OH excluding ortho intramolecular Hbond substituents is 1. The lowest BCUT2D eigenvalue weighted by Crippen LogP contribution is -2.57. The van der Waals surface area contributed by atoms with Gasteiger partial charge in [0.1, 0.15) is 28.7 Å². The molecule has 0 heterocycles. The number of fused-ring (bicyclic) bond motifs is 3. The topological polar surface area (TPSA) is 161 Å². The molecule has 10 heteroatoms. The first-order chi connectivity index (χ1) is 16.3. The average Bonchev–Trinajstić information content (AvgIpc) is 2.73. The van der Waals surface area contributed by atoms with Gasteiger partial charge in [0.05, 0.1) is 5.56 Å². The number of carbonyl (C=O) groups is 3. The van der Waals surface area contributed by atoms with Crippen LogP contribution in [0.25, 0.3) is 0 Å². The zero-order valence-electron chi connectivity index (χ0n) is 19.8. The molecular weight excluding hydrogens is 459 g/mol. The van der Waals surface area contributed by atoms with Gasteiger partial charge in [-0.3, -0.25) is 14.4 Å². The third-order valence-corrected chi connectivity index (χ3v) is 7.19. The number of phenols is 1. The standard InChI is InChI=1S/C25H29FN2O7/c1-10(2)8-28(3)9-12-6-15(29)18-14(20(12)26)5-11-4-13-7-16(30)19(24(27)34)23(33)25(13,35)22(32)17(11)21(18)31/h6,10-11,13,29-30,32,35H,4-5,7-9H2,1-3H3,(H2,27,34)/t11?,13-,25-/m0/s1. The molecule has 6 N–H and O–H groups in total. The maximum atomic E-state index is 15.6. The minimum atomic E-state index is -2.64. The summed E-state index contributed by atoms with van der Waals surface area (Å²) in [5.41, 5.74) is 1.31. The number of carbonyl (C=O) groups excluding carboxylic acids is 3. The van der Waals surface area contributed by atoms with E-state index in [4.69, 9.17) is 5.73 Å². The van der Waals surface area contributed by atoms with Crippen LogP contribution in [0.15, 0.2) is 28.7 Å². The van der Waals surface area contributed by atoms with Gasteiger partial charge in [0.15, 0.2) is 11.4 Å². The second kappa shape index (κ2) is 8.46. The molecular formula is C25H29FN2O7. The molecule has 188 valence electrons. The second-order valence-corrected chi connectivity index (χ2v) is 10.2. The number of aliphatic hydroxyl groups excluding tert-OH is 2. The van der Waals surface area contributed by atoms with E-state index in [0.29, 0.717) is 12.5 Å². The molecule has 1 aromatic rings. The van der Waals surface area contributed by atoms with Gasteiger partial charge in [-0.05, 0) is 37.8 Å². The van der Waals surface area contributed by atoms with Crippen LogP contribution in [0.2, 0.25) is 0 Å². The predicted molar refractivity (Wildman–Crippen MR) is 122 cm³/mol. The van der Waals surface area contributed by atoms with Crippen molar-refractivity contribution >= 4 is 17.5 Å². The molecule has 9 nitrogen and oxygen atoms in total. The van der Waals surface area contributed by atoms with Gasteiger partial charge in [-0.15, -0.1) is 0 Å². The van der Waals surface area contributed by atoms with Gasteiger partial charge in [-0.25, -0.2) is 4.39 Å². The maximum Gasteiger partial charge on any atom is 0.255 e. The van der Waals surface area contributed by atoms with Crippen LogP contribution >= 0.6 is 0 Å². The van der Waals surface area contributed by atoms with Crippen molar-refractivity contribution in [3.8, 4) is 5.75 Å². The third kappa shape index (κ3) is 3.71. The van der Waals surface area contributed by atoms with Gasteiger partial charge in [-0.2, -0.15) is 0 Å². The van der Waals surface area contributed by atoms with Crippen molar-refractivity contribution < 1.29 is 39.2 Å². The van der Waals surface area contributed by atoms with Crippen molar-refractivity contribution in [2.45, 2.75) is 45.3 Å². The number of nitrogens with zero attached hydrogens (tertiary/aromatic N) is 1. The Labute approximate surface area is 201 Å². The van der Waals surface area contributed by atoms with Crippen LogP contribution in [0.1, 0.15) is 48.2 Å². The van der Waals surface area contributed by atoms with Crippen LogP contribution in [-0.2, 0) is 22.6 Å². The van der Waals surface area contributed by atoms with Crippen molar-refractivity contribution in [2.75, 3.05) is 13.6 Å². The first kappa shape index (κ1) is 24.9. The molecule has 3 aliphatic rings. The lowest BCUT2D eigenvalue weighted by atomic mass is 9.60. The third-order valence-electron chi connectivity index (χ3n) is 7.19. The molecule has 0 aliphatic heterocycles. The van der Waals surface area contributed by atoms with E-state index < -0.39 is 63.6 Å². The first-order valence-corrected chi connectivity index (χ1v) is 11.5. The molecule has 0 aromatic heterocycles. The summed E-state index contributed by atoms with van der Waals surface area (Å²) in [6.07, 6.45) is -0.431. The number of hydrogen-bond donors (Lipinski definition) is 5. The van der Waals surface area contributed by atoms with Gasteiger partial charge >= 0.3 is 0 Å². The molecule has 1 amide bonds. The Hall–Kier alpha value is -3.24. The smallest absolute Gasteiger partial charge is 0.255 e. The SMILES string of the molecule is CC(C)CN(C)Cc1cc(O)c2c(c1F)CC1C[C@H]3CC(O)=C(C(N)=O)C(=O)[C@@]3(O)C(O)=C1C2=O. The molecule has 0 spiro atoms. The average molecular weight is 489 g/mol. The normalized spacial score (nSPS) is 26.3. The summed E-state index contributed by atoms with van der Waals surface area (Å²) in [5, 5.41) is 43.0. The molecule has 0 radical (unpaired) electrons. The van der Waals surface area contributed by atoms with E-state index >= 15 is 4.39 Å². The number of primary amides is 1. The Kier molecular flexibility index (Phi) is 6.01. The van der Waals surface area contributed by atoms with Gasteiger partial charge in [-0.1, -0.05) is 13.8 Å². The Morgan fingerprint density at radius 1 is 1.26 bits per heavy atom. The van der Waals surface area contributed by atoms with E-state index in [0.717, 1.165) is 0 Å². The quantitative estimate of drug-likeness (QED) is 0.392. The molecule has 1 aromatic carbocycles. The van der Waals surface area contributed by atoms with Crippen LogP contribution in [0.4, 0.5) is 4.39 Å². The molecule has 0 bridgehead atoms. The monoisotopic (exact) mass is 488 g/mol. The van der Waals surface area contributed by atoms with Gasteiger partial charge in [0.25, 0.3) is 5.91 Å². The van der Waals surface area contributed by atoms with Crippen molar-refractivity contribution in [3.63, 3.8) is 0 Å². The zero-order chi connectivity index (χ0) is 26.0. The van der Waals surface area contributed by atoms with Crippen LogP contribution < -0.4 is 5.73 Å². The van der Waals surface area contributed by atoms with E-state index in [9.17, 15) is 34.8 Å². The highest BCUT2D eigenvalue weighted by molar-refractivity contribution is 6.24. The van der Waals surface area contributed by atoms with Crippen molar-refractivity contribution in [3.05, 3.63) is 51.2 Å². The van der Waals surface area contributed by atoms with E-state index in [1.54, 1.807) is 0 Å². The number of amides is 1. The fourth-order valence-corrected chi connectivity index (χ4v) is 5.82. The number of rotatable bonds is 5. The van der Waals surface area contributed by atoms with Crippen LogP contribution in [0.3, 0.4) is 0 Å². The number of hydrogen-bond acceptors (Lipinski definition) is 8. The summed E-state index contributed by atoms with van der Waals surface area (Å²) in [7, 11) is 1.82. The first-order valence-electron chi connectivity index (χ1n) is 11.5. The molecule has 3 atom stereocenters. The van der Waals surface area contributed by atoms with Crippen LogP contribution in [-0.4, -0.2) is 62.0 Å². The summed E-state index contributed by atoms with van der Waals surface area (Å²) in [6.45, 7) is 4.95. The van der Waals surface area contributed by atoms with Gasteiger partial charge in [0.2, 0.25) is 5.78 Å². The summed E-state index contributed by atoms with van der Waals surface area (Å²) < 4.78 is 15.6. The predicted octanol–water partition coefficient (Wildman–Crippen LogP) is 1.81. The lowest BCUT2D eigenvalue weighted by molar-refractivity contribution is -0.144. The fraction of sp³-hybridized carbons (Fsp3) is 0.480. The van der Waals surface area contributed by atoms with Crippen LogP contribution in [0, 0.1) is 23.6 Å². The lowest BCUT2D eigenvalue weighted by Gasteiger charge is -2.45. The van der Waals surface area contributed by atoms with Gasteiger partial charge < -0.3 is 31.1 Å². The van der Waals surface area contributed by atoms with Crippen molar-refractivity contribution in [1.29, 1.82) is 0 Å². The molecule has 35 heavy (non-hydrogen) atoms. The van der Waals surface area contributed by atoms with E-state index in [-0.39, 0.29) is 48.1 Å². The highest BCUT2D eigenvalue weighted by Gasteiger charge is 2.59. The fourth-order valence-electron chi connectivity index (χ4n) is 5.82. The number of aromatic hydroxyl groups is 1. The van der Waals surface area contributed by atoms with E-state index in [2.05, 4.69) is 0 Å². The summed E-state index contributed by atoms with van der Waals surface area (Å²) in [6, 6.07) is 1.18. The molecule has 0 saturated heterocycles. The Morgan fingerprint density at radius 2 is 1.91 bits per heavy atom. The number of Topliss-reactive ketones (excluding diaryl/α,β-unsaturated/α-hetero) is 2. The Balaban J connectivity index is 1.80. The minimum Gasteiger partial charge on any atom is -0.511 e. The zero-order valence-corrected chi connectivity index (χ0v) is 19.8. The number of aliphatic hydroxyl groups is 3. The largest absolute Gasteiger partial charge is 0.511 e. The summed E-state index contributed by atoms with van der Waals surface area (Å²) >= 11 is 0. The van der Waals surface area contributed by atoms with Gasteiger partial charge in [0, 0.05) is 42.1 Å². The number of allylic oxidation sites excluding steroid dienone is 2.